The third kappa shape index (κ3) is 1.48. The number of alkyl halides is 2. The molecule has 1 aliphatic heterocycles. The van der Waals surface area contributed by atoms with Crippen LogP contribution in [0.25, 0.3) is 0 Å². The lowest BCUT2D eigenvalue weighted by Crippen LogP contribution is -2.15. The molecule has 1 aromatic carbocycles. The van der Waals surface area contributed by atoms with Gasteiger partial charge in [0.15, 0.2) is 0 Å². The molecule has 1 N–H and O–H groups in total. The predicted octanol–water partition coefficient (Wildman–Crippen LogP) is 3.73. The molecule has 5 heteroatoms. The number of rotatable bonds is 0. The minimum Gasteiger partial charge on any atom is -0.377 e. The van der Waals surface area contributed by atoms with Crippen molar-refractivity contribution in [2.24, 2.45) is 0 Å². The zero-order valence-electron chi connectivity index (χ0n) is 6.37. The highest BCUT2D eigenvalue weighted by atomic mass is 79.9. The van der Waals surface area contributed by atoms with Crippen LogP contribution >= 0.6 is 31.9 Å². The van der Waals surface area contributed by atoms with Gasteiger partial charge in [-0.25, -0.2) is 0 Å². The molecular weight excluding hydrogens is 308 g/mol. The highest BCUT2D eigenvalue weighted by Crippen LogP contribution is 2.44. The van der Waals surface area contributed by atoms with Gasteiger partial charge in [-0.15, -0.1) is 0 Å². The van der Waals surface area contributed by atoms with Gasteiger partial charge in [0.2, 0.25) is 0 Å². The molecule has 70 valence electrons. The Bertz CT molecular complexity index is 365. The van der Waals surface area contributed by atoms with Crippen molar-refractivity contribution < 1.29 is 8.78 Å². The Labute approximate surface area is 90.8 Å². The molecule has 2 rings (SSSR count). The Kier molecular flexibility index (Phi) is 2.11. The molecule has 0 saturated heterocycles. The Morgan fingerprint density at radius 1 is 1.31 bits per heavy atom. The first kappa shape index (κ1) is 9.40. The molecule has 0 fully saturated rings. The summed E-state index contributed by atoms with van der Waals surface area (Å²) in [5, 5.41) is 2.67. The summed E-state index contributed by atoms with van der Waals surface area (Å²) in [5.74, 6) is -2.76. The summed E-state index contributed by atoms with van der Waals surface area (Å²) in [6.45, 7) is -0.322. The lowest BCUT2D eigenvalue weighted by atomic mass is 10.1. The molecule has 0 amide bonds. The average molecular weight is 313 g/mol. The Morgan fingerprint density at radius 2 is 2.00 bits per heavy atom. The smallest absolute Gasteiger partial charge is 0.292 e. The van der Waals surface area contributed by atoms with Gasteiger partial charge in [0.05, 0.1) is 12.2 Å². The monoisotopic (exact) mass is 311 g/mol. The second kappa shape index (κ2) is 2.92. The number of benzene rings is 1. The normalized spacial score (nSPS) is 18.2. The van der Waals surface area contributed by atoms with Crippen molar-refractivity contribution in [3.63, 3.8) is 0 Å². The largest absolute Gasteiger partial charge is 0.377 e. The molecule has 0 bridgehead atoms. The number of fused-ring (bicyclic) bond motifs is 1. The van der Waals surface area contributed by atoms with Crippen molar-refractivity contribution in [3.8, 4) is 0 Å². The summed E-state index contributed by atoms with van der Waals surface area (Å²) in [5.41, 5.74) is 0.543. The molecule has 1 nitrogen and oxygen atoms in total. The quantitative estimate of drug-likeness (QED) is 0.769. The standard InChI is InChI=1S/C8H5Br2F2N/c9-4-1-5-7(6(10)2-4)13-3-8(5,11)12/h1-2,13H,3H2. The number of hydrogen-bond acceptors (Lipinski definition) is 1. The Hall–Kier alpha value is -0.160. The van der Waals surface area contributed by atoms with Crippen molar-refractivity contribution in [2.75, 3.05) is 11.9 Å². The molecule has 0 spiro atoms. The average Bonchev–Trinajstić information content (AvgIpc) is 2.28. The van der Waals surface area contributed by atoms with Crippen LogP contribution in [0.5, 0.6) is 0 Å². The second-order valence-corrected chi connectivity index (χ2v) is 4.64. The third-order valence-electron chi connectivity index (χ3n) is 1.94. The van der Waals surface area contributed by atoms with E-state index in [0.717, 1.165) is 0 Å². The molecule has 1 aliphatic rings. The zero-order valence-corrected chi connectivity index (χ0v) is 9.55. The minimum atomic E-state index is -2.76. The van der Waals surface area contributed by atoms with Gasteiger partial charge in [0.1, 0.15) is 0 Å². The predicted molar refractivity (Wildman–Crippen MR) is 54.2 cm³/mol. The van der Waals surface area contributed by atoms with E-state index >= 15 is 0 Å². The van der Waals surface area contributed by atoms with E-state index in [4.69, 9.17) is 0 Å². The van der Waals surface area contributed by atoms with Crippen LogP contribution in [0.4, 0.5) is 14.5 Å². The fourth-order valence-electron chi connectivity index (χ4n) is 1.34. The number of hydrogen-bond donors (Lipinski definition) is 1. The van der Waals surface area contributed by atoms with E-state index in [-0.39, 0.29) is 12.1 Å². The molecule has 1 aromatic rings. The van der Waals surface area contributed by atoms with Gasteiger partial charge < -0.3 is 5.32 Å². The summed E-state index contributed by atoms with van der Waals surface area (Å²) >= 11 is 6.40. The maximum absolute atomic E-state index is 13.2. The van der Waals surface area contributed by atoms with Crippen molar-refractivity contribution >= 4 is 37.5 Å². The van der Waals surface area contributed by atoms with Crippen LogP contribution in [-0.4, -0.2) is 6.54 Å². The summed E-state index contributed by atoms with van der Waals surface area (Å²) in [4.78, 5) is 0. The molecule has 0 radical (unpaired) electrons. The Morgan fingerprint density at radius 3 is 2.69 bits per heavy atom. The van der Waals surface area contributed by atoms with E-state index in [0.29, 0.717) is 14.6 Å². The van der Waals surface area contributed by atoms with Gasteiger partial charge in [-0.1, -0.05) is 15.9 Å². The first-order valence-electron chi connectivity index (χ1n) is 3.62. The molecule has 0 aromatic heterocycles. The highest BCUT2D eigenvalue weighted by molar-refractivity contribution is 9.11. The van der Waals surface area contributed by atoms with Crippen molar-refractivity contribution in [2.45, 2.75) is 5.92 Å². The summed E-state index contributed by atoms with van der Waals surface area (Å²) in [7, 11) is 0. The topological polar surface area (TPSA) is 12.0 Å². The molecule has 13 heavy (non-hydrogen) atoms. The zero-order chi connectivity index (χ0) is 9.64. The Balaban J connectivity index is 2.65. The highest BCUT2D eigenvalue weighted by Gasteiger charge is 2.40. The van der Waals surface area contributed by atoms with Crippen molar-refractivity contribution in [1.82, 2.24) is 0 Å². The van der Waals surface area contributed by atoms with E-state index < -0.39 is 5.92 Å². The second-order valence-electron chi connectivity index (χ2n) is 2.87. The first-order chi connectivity index (χ1) is 6.00. The van der Waals surface area contributed by atoms with E-state index in [9.17, 15) is 8.78 Å². The van der Waals surface area contributed by atoms with Crippen LogP contribution in [-0.2, 0) is 5.92 Å². The SMILES string of the molecule is FC1(F)CNc2c(Br)cc(Br)cc21. The van der Waals surface area contributed by atoms with Crippen LogP contribution < -0.4 is 5.32 Å². The summed E-state index contributed by atoms with van der Waals surface area (Å²) < 4.78 is 27.7. The molecule has 0 aliphatic carbocycles. The fraction of sp³-hybridized carbons (Fsp3) is 0.250. The van der Waals surface area contributed by atoms with Gasteiger partial charge in [-0.05, 0) is 28.1 Å². The van der Waals surface area contributed by atoms with E-state index in [1.807, 2.05) is 0 Å². The number of nitrogens with one attached hydrogen (secondary N) is 1. The number of halogens is 4. The lowest BCUT2D eigenvalue weighted by molar-refractivity contribution is 0.0185. The van der Waals surface area contributed by atoms with Crippen LogP contribution in [0.1, 0.15) is 5.56 Å². The molecule has 0 unspecified atom stereocenters. The van der Waals surface area contributed by atoms with E-state index in [1.54, 1.807) is 6.07 Å². The van der Waals surface area contributed by atoms with Crippen LogP contribution in [0.15, 0.2) is 21.1 Å². The molecular formula is C8H5Br2F2N. The molecule has 1 heterocycles. The third-order valence-corrected chi connectivity index (χ3v) is 3.02. The van der Waals surface area contributed by atoms with Gasteiger partial charge in [0.25, 0.3) is 5.92 Å². The minimum absolute atomic E-state index is 0.0498. The van der Waals surface area contributed by atoms with Crippen molar-refractivity contribution in [3.05, 3.63) is 26.6 Å². The summed E-state index contributed by atoms with van der Waals surface area (Å²) in [6.07, 6.45) is 0. The summed E-state index contributed by atoms with van der Waals surface area (Å²) in [6, 6.07) is 3.19. The first-order valence-corrected chi connectivity index (χ1v) is 5.20. The molecule has 0 atom stereocenters. The fourth-order valence-corrected chi connectivity index (χ4v) is 2.70. The van der Waals surface area contributed by atoms with E-state index in [1.165, 1.54) is 6.07 Å². The lowest BCUT2D eigenvalue weighted by Gasteiger charge is -2.08. The van der Waals surface area contributed by atoms with Gasteiger partial charge in [-0.3, -0.25) is 0 Å². The van der Waals surface area contributed by atoms with Crippen LogP contribution in [0.2, 0.25) is 0 Å². The van der Waals surface area contributed by atoms with Crippen molar-refractivity contribution in [1.29, 1.82) is 0 Å². The van der Waals surface area contributed by atoms with Crippen LogP contribution in [0, 0.1) is 0 Å². The van der Waals surface area contributed by atoms with Gasteiger partial charge in [-0.2, -0.15) is 8.78 Å². The number of anilines is 1. The van der Waals surface area contributed by atoms with Gasteiger partial charge >= 0.3 is 0 Å². The van der Waals surface area contributed by atoms with E-state index in [2.05, 4.69) is 37.2 Å². The van der Waals surface area contributed by atoms with Gasteiger partial charge in [0, 0.05) is 14.5 Å². The van der Waals surface area contributed by atoms with Crippen LogP contribution in [0.3, 0.4) is 0 Å². The maximum Gasteiger partial charge on any atom is 0.292 e. The maximum atomic E-state index is 13.2. The molecule has 0 saturated carbocycles.